The summed E-state index contributed by atoms with van der Waals surface area (Å²) in [5, 5.41) is 3.49. The lowest BCUT2D eigenvalue weighted by molar-refractivity contribution is 0.0988. The first kappa shape index (κ1) is 17.7. The van der Waals surface area contributed by atoms with Gasteiger partial charge in [0.1, 0.15) is 5.82 Å². The van der Waals surface area contributed by atoms with Gasteiger partial charge >= 0.3 is 5.69 Å². The molecule has 0 radical (unpaired) electrons. The molecule has 0 saturated carbocycles. The molecule has 0 atom stereocenters. The van der Waals surface area contributed by atoms with E-state index in [1.165, 1.54) is 20.8 Å². The molecule has 0 bridgehead atoms. The van der Waals surface area contributed by atoms with Crippen LogP contribution in [-0.2, 0) is 6.54 Å². The summed E-state index contributed by atoms with van der Waals surface area (Å²) >= 11 is 1.39. The van der Waals surface area contributed by atoms with Crippen molar-refractivity contribution in [2.75, 3.05) is 17.2 Å². The number of aromatic amines is 1. The zero-order chi connectivity index (χ0) is 18.7. The number of nitrogens with zero attached hydrogens (tertiary/aromatic N) is 2. The number of nitrogen functional groups attached to an aromatic ring is 1. The van der Waals surface area contributed by atoms with Gasteiger partial charge in [-0.1, -0.05) is 30.3 Å². The summed E-state index contributed by atoms with van der Waals surface area (Å²) in [4.78, 5) is 40.9. The van der Waals surface area contributed by atoms with Crippen LogP contribution in [0.1, 0.15) is 22.8 Å². The van der Waals surface area contributed by atoms with Crippen molar-refractivity contribution in [3.8, 4) is 0 Å². The second-order valence-corrected chi connectivity index (χ2v) is 6.41. The van der Waals surface area contributed by atoms with Crippen molar-refractivity contribution in [1.29, 1.82) is 0 Å². The molecule has 0 aliphatic carbocycles. The SMILES string of the molecule is CCN(C(=O)c1ccsc1)c1c(N)n(Cc2ccccc2)c(=O)[nH]c1=O. The quantitative estimate of drug-likeness (QED) is 0.716. The summed E-state index contributed by atoms with van der Waals surface area (Å²) < 4.78 is 1.26. The highest BCUT2D eigenvalue weighted by atomic mass is 32.1. The summed E-state index contributed by atoms with van der Waals surface area (Å²) in [5.74, 6) is -0.371. The van der Waals surface area contributed by atoms with Gasteiger partial charge in [-0.05, 0) is 23.9 Å². The number of carbonyl (C=O) groups excluding carboxylic acids is 1. The molecule has 3 aromatic rings. The molecule has 0 spiro atoms. The Morgan fingerprint density at radius 3 is 2.58 bits per heavy atom. The molecule has 7 nitrogen and oxygen atoms in total. The third kappa shape index (κ3) is 3.31. The molecule has 1 amide bonds. The molecule has 134 valence electrons. The second kappa shape index (κ2) is 7.40. The number of nitrogens with one attached hydrogen (secondary N) is 1. The molecule has 26 heavy (non-hydrogen) atoms. The van der Waals surface area contributed by atoms with E-state index in [1.54, 1.807) is 23.8 Å². The van der Waals surface area contributed by atoms with Crippen LogP contribution in [0.3, 0.4) is 0 Å². The van der Waals surface area contributed by atoms with E-state index in [4.69, 9.17) is 5.73 Å². The van der Waals surface area contributed by atoms with Crippen molar-refractivity contribution in [2.45, 2.75) is 13.5 Å². The number of carbonyl (C=O) groups is 1. The first-order valence-electron chi connectivity index (χ1n) is 8.03. The predicted molar refractivity (Wildman–Crippen MR) is 103 cm³/mol. The number of benzene rings is 1. The maximum absolute atomic E-state index is 12.7. The molecule has 0 aliphatic rings. The fourth-order valence-electron chi connectivity index (χ4n) is 2.71. The van der Waals surface area contributed by atoms with Crippen LogP contribution in [0, 0.1) is 0 Å². The molecular formula is C18H18N4O3S. The molecule has 2 heterocycles. The van der Waals surface area contributed by atoms with Gasteiger partial charge in [0, 0.05) is 11.9 Å². The number of thiophene rings is 1. The Hall–Kier alpha value is -3.13. The van der Waals surface area contributed by atoms with E-state index in [0.717, 1.165) is 5.56 Å². The Morgan fingerprint density at radius 2 is 1.96 bits per heavy atom. The largest absolute Gasteiger partial charge is 0.383 e. The Kier molecular flexibility index (Phi) is 5.04. The van der Waals surface area contributed by atoms with E-state index in [-0.39, 0.29) is 30.5 Å². The number of nitrogens with two attached hydrogens (primary N) is 1. The van der Waals surface area contributed by atoms with Gasteiger partial charge in [0.15, 0.2) is 5.69 Å². The van der Waals surface area contributed by atoms with Gasteiger partial charge in [0.25, 0.3) is 11.5 Å². The summed E-state index contributed by atoms with van der Waals surface area (Å²) in [5.41, 5.74) is 6.17. The van der Waals surface area contributed by atoms with E-state index < -0.39 is 11.2 Å². The van der Waals surface area contributed by atoms with Crippen LogP contribution in [0.25, 0.3) is 0 Å². The number of hydrogen-bond donors (Lipinski definition) is 2. The lowest BCUT2D eigenvalue weighted by Gasteiger charge is -2.22. The molecule has 0 unspecified atom stereocenters. The van der Waals surface area contributed by atoms with Crippen LogP contribution >= 0.6 is 11.3 Å². The van der Waals surface area contributed by atoms with Crippen LogP contribution in [0.4, 0.5) is 11.5 Å². The number of rotatable bonds is 5. The molecule has 0 saturated heterocycles. The lowest BCUT2D eigenvalue weighted by atomic mass is 10.2. The summed E-state index contributed by atoms with van der Waals surface area (Å²) in [6, 6.07) is 10.9. The van der Waals surface area contributed by atoms with E-state index >= 15 is 0 Å². The molecule has 0 fully saturated rings. The Labute approximate surface area is 153 Å². The first-order chi connectivity index (χ1) is 12.5. The van der Waals surface area contributed by atoms with Crippen molar-refractivity contribution >= 4 is 28.7 Å². The van der Waals surface area contributed by atoms with Crippen molar-refractivity contribution in [2.24, 2.45) is 0 Å². The number of aromatic nitrogens is 2. The number of amides is 1. The zero-order valence-electron chi connectivity index (χ0n) is 14.1. The number of anilines is 2. The van der Waals surface area contributed by atoms with Gasteiger partial charge in [-0.15, -0.1) is 0 Å². The van der Waals surface area contributed by atoms with Crippen LogP contribution < -0.4 is 21.9 Å². The molecule has 3 rings (SSSR count). The van der Waals surface area contributed by atoms with Gasteiger partial charge in [-0.3, -0.25) is 19.1 Å². The normalized spacial score (nSPS) is 10.7. The van der Waals surface area contributed by atoms with Crippen LogP contribution in [0.2, 0.25) is 0 Å². The van der Waals surface area contributed by atoms with Gasteiger partial charge in [0.2, 0.25) is 0 Å². The minimum atomic E-state index is -0.678. The Bertz CT molecular complexity index is 1020. The fourth-order valence-corrected chi connectivity index (χ4v) is 3.34. The van der Waals surface area contributed by atoms with Gasteiger partial charge in [-0.25, -0.2) is 4.79 Å². The Balaban J connectivity index is 2.09. The topological polar surface area (TPSA) is 101 Å². The monoisotopic (exact) mass is 370 g/mol. The average Bonchev–Trinajstić information content (AvgIpc) is 3.17. The van der Waals surface area contributed by atoms with E-state index in [9.17, 15) is 14.4 Å². The highest BCUT2D eigenvalue weighted by molar-refractivity contribution is 7.08. The third-order valence-corrected chi connectivity index (χ3v) is 4.68. The molecule has 8 heteroatoms. The van der Waals surface area contributed by atoms with Crippen LogP contribution in [0.15, 0.2) is 56.7 Å². The van der Waals surface area contributed by atoms with Crippen molar-refractivity contribution in [3.63, 3.8) is 0 Å². The molecule has 3 N–H and O–H groups in total. The van der Waals surface area contributed by atoms with Gasteiger partial charge in [-0.2, -0.15) is 11.3 Å². The van der Waals surface area contributed by atoms with E-state index in [0.29, 0.717) is 5.56 Å². The number of hydrogen-bond acceptors (Lipinski definition) is 5. The van der Waals surface area contributed by atoms with Gasteiger partial charge < -0.3 is 10.6 Å². The van der Waals surface area contributed by atoms with E-state index in [2.05, 4.69) is 4.98 Å². The smallest absolute Gasteiger partial charge is 0.330 e. The second-order valence-electron chi connectivity index (χ2n) is 5.63. The highest BCUT2D eigenvalue weighted by Crippen LogP contribution is 2.20. The van der Waals surface area contributed by atoms with Crippen molar-refractivity contribution in [1.82, 2.24) is 9.55 Å². The minimum Gasteiger partial charge on any atom is -0.383 e. The lowest BCUT2D eigenvalue weighted by Crippen LogP contribution is -2.41. The standard InChI is InChI=1S/C18H18N4O3S/c1-2-21(17(24)13-8-9-26-11-13)14-15(19)22(18(25)20-16(14)23)10-12-6-4-3-5-7-12/h3-9,11H,2,10,19H2,1H3,(H,20,23,25). The molecular weight excluding hydrogens is 352 g/mol. The van der Waals surface area contributed by atoms with E-state index in [1.807, 2.05) is 30.3 Å². The number of H-pyrrole nitrogens is 1. The fraction of sp³-hybridized carbons (Fsp3) is 0.167. The maximum Gasteiger partial charge on any atom is 0.330 e. The molecule has 0 aliphatic heterocycles. The van der Waals surface area contributed by atoms with Gasteiger partial charge in [0.05, 0.1) is 12.1 Å². The highest BCUT2D eigenvalue weighted by Gasteiger charge is 2.24. The summed E-state index contributed by atoms with van der Waals surface area (Å²) in [7, 11) is 0. The van der Waals surface area contributed by atoms with Crippen LogP contribution in [0.5, 0.6) is 0 Å². The van der Waals surface area contributed by atoms with Crippen molar-refractivity contribution < 1.29 is 4.79 Å². The summed E-state index contributed by atoms with van der Waals surface area (Å²) in [6.45, 7) is 2.18. The molecule has 1 aromatic carbocycles. The third-order valence-electron chi connectivity index (χ3n) is 4.00. The van der Waals surface area contributed by atoms with Crippen molar-refractivity contribution in [3.05, 3.63) is 79.1 Å². The Morgan fingerprint density at radius 1 is 1.23 bits per heavy atom. The summed E-state index contributed by atoms with van der Waals surface area (Å²) in [6.07, 6.45) is 0. The average molecular weight is 370 g/mol. The zero-order valence-corrected chi connectivity index (χ0v) is 15.0. The minimum absolute atomic E-state index is 0.0146. The first-order valence-corrected chi connectivity index (χ1v) is 8.97. The maximum atomic E-state index is 12.7. The van der Waals surface area contributed by atoms with Crippen LogP contribution in [-0.4, -0.2) is 22.0 Å². The molecule has 2 aromatic heterocycles. The predicted octanol–water partition coefficient (Wildman–Crippen LogP) is 1.90.